The summed E-state index contributed by atoms with van der Waals surface area (Å²) in [6.45, 7) is 3.24. The van der Waals surface area contributed by atoms with Gasteiger partial charge in [-0.1, -0.05) is 182 Å². The largest absolute Gasteiger partial charge is 0.503 e. The molecule has 10 aromatic rings. The molecule has 4 aromatic heterocycles. The third-order valence-corrected chi connectivity index (χ3v) is 15.1. The van der Waals surface area contributed by atoms with E-state index < -0.39 is 59.2 Å². The van der Waals surface area contributed by atoms with Crippen LogP contribution in [0.25, 0.3) is 0 Å². The number of carbonyl (C=O) groups excluding carboxylic acids is 5. The van der Waals surface area contributed by atoms with Crippen molar-refractivity contribution in [3.63, 3.8) is 0 Å². The Bertz CT molecular complexity index is 4680. The van der Waals surface area contributed by atoms with Crippen LogP contribution in [0.2, 0.25) is 0 Å². The number of carboxylic acid groups (broad SMARTS) is 1. The lowest BCUT2D eigenvalue weighted by atomic mass is 10.2. The predicted octanol–water partition coefficient (Wildman–Crippen LogP) is 10.7. The van der Waals surface area contributed by atoms with Crippen LogP contribution >= 0.6 is 0 Å². The Balaban J connectivity index is 0.000000190. The summed E-state index contributed by atoms with van der Waals surface area (Å²) < 4.78 is 76.1. The van der Waals surface area contributed by atoms with Gasteiger partial charge in [0.2, 0.25) is 5.43 Å². The van der Waals surface area contributed by atoms with E-state index in [1.165, 1.54) is 13.0 Å². The number of Topliss-reactive ketones (excluding diaryl/α,β-unsaturated/α-hetero) is 1. The number of H-pyrrole nitrogens is 1. The molecule has 0 radical (unpaired) electrons. The highest BCUT2D eigenvalue weighted by molar-refractivity contribution is 6.00. The maximum Gasteiger partial charge on any atom is 0.352 e. The van der Waals surface area contributed by atoms with Crippen LogP contribution in [0, 0.1) is 0 Å². The summed E-state index contributed by atoms with van der Waals surface area (Å²) >= 11 is 0. The molecular weight excluding hydrogens is 1360 g/mol. The van der Waals surface area contributed by atoms with Crippen LogP contribution in [0.5, 0.6) is 40.2 Å². The summed E-state index contributed by atoms with van der Waals surface area (Å²) in [7, 11) is -1.38. The Morgan fingerprint density at radius 3 is 1.20 bits per heavy atom. The van der Waals surface area contributed by atoms with E-state index >= 15 is 0 Å². The average Bonchev–Trinajstić information content (AvgIpc) is 0.815. The van der Waals surface area contributed by atoms with E-state index in [4.69, 9.17) is 48.5 Å². The minimum absolute atomic E-state index is 0.0252. The van der Waals surface area contributed by atoms with Gasteiger partial charge >= 0.3 is 5.97 Å². The number of hydrogen-bond acceptors (Lipinski definition) is 20. The number of carboxylic acids is 1. The van der Waals surface area contributed by atoms with E-state index in [1.54, 1.807) is 12.1 Å². The summed E-state index contributed by atoms with van der Waals surface area (Å²) in [4.78, 5) is 97.7. The summed E-state index contributed by atoms with van der Waals surface area (Å²) in [5, 5.41) is 36.7. The SMILES string of the molecule is [3H]CNC(=O)c1[nH]c(C(=O)O)cc(=O)c1O.[3H]CNC(=O)c1nc(C(C)=O)cc(OCc2ccccc2)c1OCc1ccccc1.[3H]CNC(=O)c1nc(CO)cc(OCc2ccccc2)c1OCc1ccccc1.[3H]CNC(=O)c1nc(COC2CCCCO2)cc(OCc2ccccc2)c1OCc1ccccc1. The van der Waals surface area contributed by atoms with Gasteiger partial charge in [-0.2, -0.15) is 0 Å². The molecule has 1 atom stereocenters. The number of aromatic nitrogens is 4. The average molecular weight is 1450 g/mol. The first-order chi connectivity index (χ1) is 53.5. The maximum atomic E-state index is 12.9. The zero-order chi connectivity index (χ0) is 78.4. The van der Waals surface area contributed by atoms with Crippen molar-refractivity contribution in [2.75, 3.05) is 34.7 Å². The van der Waals surface area contributed by atoms with Crippen molar-refractivity contribution in [2.45, 2.75) is 85.3 Å². The molecule has 0 saturated carbocycles. The number of aromatic carboxylic acids is 1. The molecule has 550 valence electrons. The Labute approximate surface area is 617 Å². The normalized spacial score (nSPS) is 12.4. The number of pyridine rings is 4. The highest BCUT2D eigenvalue weighted by Gasteiger charge is 2.26. The smallest absolute Gasteiger partial charge is 0.352 e. The van der Waals surface area contributed by atoms with Crippen LogP contribution in [-0.2, 0) is 62.3 Å². The number of hydrogen-bond donors (Lipinski definition) is 8. The highest BCUT2D eigenvalue weighted by atomic mass is 16.7. The third-order valence-electron chi connectivity index (χ3n) is 15.1. The molecule has 1 unspecified atom stereocenters. The van der Waals surface area contributed by atoms with Gasteiger partial charge < -0.3 is 79.5 Å². The van der Waals surface area contributed by atoms with E-state index in [9.17, 15) is 43.8 Å². The van der Waals surface area contributed by atoms with Crippen molar-refractivity contribution in [1.29, 1.82) is 0 Å². The Morgan fingerprint density at radius 2 is 0.840 bits per heavy atom. The van der Waals surface area contributed by atoms with Crippen molar-refractivity contribution < 1.29 is 87.5 Å². The number of amides is 4. The Hall–Kier alpha value is -12.8. The van der Waals surface area contributed by atoms with E-state index in [1.807, 2.05) is 187 Å². The van der Waals surface area contributed by atoms with Crippen LogP contribution in [-0.4, -0.2) is 112 Å². The lowest BCUT2D eigenvalue weighted by Gasteiger charge is -2.23. The molecule has 26 nitrogen and oxygen atoms in total. The van der Waals surface area contributed by atoms with Crippen molar-refractivity contribution in [1.82, 2.24) is 41.2 Å². The van der Waals surface area contributed by atoms with E-state index in [-0.39, 0.29) is 137 Å². The van der Waals surface area contributed by atoms with Gasteiger partial charge in [-0.05, 0) is 52.6 Å². The van der Waals surface area contributed by atoms with Crippen LogP contribution in [0.4, 0.5) is 0 Å². The fourth-order valence-corrected chi connectivity index (χ4v) is 9.76. The van der Waals surface area contributed by atoms with Gasteiger partial charge in [0.05, 0.1) is 24.6 Å². The van der Waals surface area contributed by atoms with Crippen LogP contribution in [0.3, 0.4) is 0 Å². The van der Waals surface area contributed by atoms with Crippen molar-refractivity contribution >= 4 is 35.4 Å². The molecule has 1 fully saturated rings. The molecule has 26 heteroatoms. The Kier molecular flexibility index (Phi) is 28.5. The third kappa shape index (κ3) is 23.9. The first-order valence-electron chi connectivity index (χ1n) is 35.8. The van der Waals surface area contributed by atoms with Gasteiger partial charge in [-0.25, -0.2) is 19.7 Å². The number of aliphatic hydroxyl groups is 1. The summed E-state index contributed by atoms with van der Waals surface area (Å²) in [6, 6.07) is 62.9. The van der Waals surface area contributed by atoms with Gasteiger partial charge in [0.1, 0.15) is 51.0 Å². The van der Waals surface area contributed by atoms with Crippen molar-refractivity contribution in [2.24, 2.45) is 0 Å². The minimum atomic E-state index is -1.43. The quantitative estimate of drug-likeness (QED) is 0.0211. The zero-order valence-electron chi connectivity index (χ0n) is 61.8. The standard InChI is InChI=1S/C27H30N2O5.C23H22N2O4.C22H22N2O4.C8H8N2O5/c1-28-27(30)25-26(34-18-21-12-6-3-7-13-21)23(32-17-20-10-4-2-5-11-20)16-22(29-25)19-33-24-14-8-9-15-31-24;1-16(26)19-13-20(28-14-17-9-5-3-6-10-17)22(21(25-19)23(27)24-2)29-15-18-11-7-4-8-12-18;1-23-22(26)20-21(28-15-17-10-6-3-7-11-17)19(12-18(13-25)24-20)27-14-16-8-4-2-5-9-16;1-9-7(13)5-6(12)4(11)2-3(10-5)8(14)15/h2-7,10-13,16,24H,8-9,14-15,17-19H2,1H3,(H,28,30);3-13H,14-15H2,1-2H3,(H,24,27);2-12,25H,13-15H2,1H3,(H,23,26);2,12H,1H3,(H,9,13)(H,10,11)(H,14,15)/i1T;2T;2*1T. The number of carbonyl (C=O) groups is 6. The molecule has 0 spiro atoms. The molecule has 0 aliphatic carbocycles. The van der Waals surface area contributed by atoms with Crippen LogP contribution in [0.15, 0.2) is 211 Å². The molecule has 1 saturated heterocycles. The van der Waals surface area contributed by atoms with Gasteiger partial charge in [0.25, 0.3) is 23.6 Å². The second-order valence-electron chi connectivity index (χ2n) is 22.8. The second-order valence-corrected chi connectivity index (χ2v) is 22.8. The molecule has 8 N–H and O–H groups in total. The number of ether oxygens (including phenoxy) is 8. The number of nitrogens with one attached hydrogen (secondary N) is 5. The first kappa shape index (κ1) is 73.0. The molecule has 0 bridgehead atoms. The summed E-state index contributed by atoms with van der Waals surface area (Å²) in [5.41, 5.74) is 4.35. The fraction of sp³-hybridized carbons (Fsp3) is 0.225. The maximum absolute atomic E-state index is 12.9. The van der Waals surface area contributed by atoms with Crippen molar-refractivity contribution in [3.8, 4) is 40.2 Å². The molecule has 4 amide bonds. The highest BCUT2D eigenvalue weighted by Crippen LogP contribution is 2.36. The molecule has 1 aliphatic heterocycles. The molecule has 11 rings (SSSR count). The monoisotopic (exact) mass is 1450 g/mol. The van der Waals surface area contributed by atoms with Crippen LogP contribution < -0.4 is 55.1 Å². The van der Waals surface area contributed by atoms with Crippen LogP contribution in [0.1, 0.15) is 139 Å². The number of ketones is 1. The molecule has 5 heterocycles. The number of nitrogens with zero attached hydrogens (tertiary/aromatic N) is 3. The summed E-state index contributed by atoms with van der Waals surface area (Å²) in [5.74, 6) is -3.77. The number of rotatable bonds is 28. The number of aromatic amines is 1. The molecule has 6 aromatic carbocycles. The number of aliphatic hydroxyl groups excluding tert-OH is 1. The molecule has 1 aliphatic rings. The van der Waals surface area contributed by atoms with E-state index in [0.717, 1.165) is 52.6 Å². The lowest BCUT2D eigenvalue weighted by Crippen LogP contribution is -2.24. The predicted molar refractivity (Wildman–Crippen MR) is 391 cm³/mol. The van der Waals surface area contributed by atoms with Crippen molar-refractivity contribution in [3.05, 3.63) is 295 Å². The van der Waals surface area contributed by atoms with Gasteiger partial charge in [0.15, 0.2) is 75.1 Å². The minimum Gasteiger partial charge on any atom is -0.503 e. The van der Waals surface area contributed by atoms with Gasteiger partial charge in [0, 0.05) is 71.4 Å². The van der Waals surface area contributed by atoms with Gasteiger partial charge in [-0.3, -0.25) is 28.8 Å². The summed E-state index contributed by atoms with van der Waals surface area (Å²) in [6.07, 6.45) is 2.61. The Morgan fingerprint density at radius 1 is 0.481 bits per heavy atom. The second kappa shape index (κ2) is 41.4. The van der Waals surface area contributed by atoms with E-state index in [0.29, 0.717) is 29.9 Å². The lowest BCUT2D eigenvalue weighted by molar-refractivity contribution is -0.169. The van der Waals surface area contributed by atoms with E-state index in [2.05, 4.69) is 35.9 Å². The van der Waals surface area contributed by atoms with Gasteiger partial charge in [-0.15, -0.1) is 0 Å². The zero-order valence-corrected chi connectivity index (χ0v) is 57.8. The molecular formula is C80H82N8O18. The topological polar surface area (TPSA) is 357 Å². The number of benzene rings is 6. The first-order valence-corrected chi connectivity index (χ1v) is 33.0. The fourth-order valence-electron chi connectivity index (χ4n) is 9.76. The molecule has 106 heavy (non-hydrogen) atoms. The number of aromatic hydroxyl groups is 1.